The number of amides is 1. The zero-order valence-electron chi connectivity index (χ0n) is 24.8. The Kier molecular flexibility index (Phi) is 10.0. The predicted octanol–water partition coefficient (Wildman–Crippen LogP) is 6.67. The molecule has 3 heterocycles. The first-order chi connectivity index (χ1) is 18.9. The van der Waals surface area contributed by atoms with Crippen LogP contribution in [0.15, 0.2) is 30.6 Å². The van der Waals surface area contributed by atoms with Gasteiger partial charge in [-0.1, -0.05) is 32.4 Å². The number of aromatic nitrogens is 6. The minimum absolute atomic E-state index is 0.0000637. The van der Waals surface area contributed by atoms with E-state index in [9.17, 15) is 9.18 Å². The number of carbonyl (C=O) groups is 1. The van der Waals surface area contributed by atoms with Crippen molar-refractivity contribution in [3.8, 4) is 23.1 Å². The van der Waals surface area contributed by atoms with Gasteiger partial charge in [-0.2, -0.15) is 4.80 Å². The maximum atomic E-state index is 14.0. The number of carbonyl (C=O) groups excluding carboxylic acids is 1. The van der Waals surface area contributed by atoms with Gasteiger partial charge in [0, 0.05) is 6.20 Å². The number of alkyl carbamates (subject to hydrolysis) is 1. The molecule has 15 heteroatoms. The molecule has 3 rings (SSSR count). The molecule has 0 aromatic carbocycles. The van der Waals surface area contributed by atoms with Crippen LogP contribution in [0, 0.1) is 5.82 Å². The minimum Gasteiger partial charge on any atom is -0.444 e. The zero-order chi connectivity index (χ0) is 30.6. The maximum absolute atomic E-state index is 14.0. The van der Waals surface area contributed by atoms with Gasteiger partial charge in [-0.3, -0.25) is 0 Å². The first kappa shape index (κ1) is 32.7. The molecule has 0 radical (unpaired) electrons. The van der Waals surface area contributed by atoms with E-state index in [1.165, 1.54) is 29.0 Å². The smallest absolute Gasteiger partial charge is 0.408 e. The van der Waals surface area contributed by atoms with Crippen molar-refractivity contribution < 1.29 is 23.1 Å². The molecule has 0 unspecified atom stereocenters. The van der Waals surface area contributed by atoms with Crippen molar-refractivity contribution in [2.45, 2.75) is 82.9 Å². The molecule has 0 saturated heterocycles. The number of nitrogens with zero attached hydrogens (tertiary/aromatic N) is 6. The van der Waals surface area contributed by atoms with Gasteiger partial charge in [0.1, 0.15) is 27.8 Å². The van der Waals surface area contributed by atoms with Crippen molar-refractivity contribution >= 4 is 37.8 Å². The van der Waals surface area contributed by atoms with Gasteiger partial charge in [-0.05, 0) is 69.2 Å². The van der Waals surface area contributed by atoms with E-state index in [0.29, 0.717) is 5.69 Å². The second-order valence-electron chi connectivity index (χ2n) is 12.1. The second-order valence-corrected chi connectivity index (χ2v) is 18.8. The molecular weight excluding hydrogens is 589 g/mol. The van der Waals surface area contributed by atoms with E-state index < -0.39 is 30.7 Å². The molecule has 3 aromatic rings. The Hall–Kier alpha value is -2.81. The Morgan fingerprint density at radius 2 is 1.83 bits per heavy atom. The average Bonchev–Trinajstić information content (AvgIpc) is 3.31. The lowest BCUT2D eigenvalue weighted by Gasteiger charge is -2.40. The summed E-state index contributed by atoms with van der Waals surface area (Å²) in [6.45, 7) is 18.4. The minimum atomic E-state index is -2.10. The van der Waals surface area contributed by atoms with Crippen LogP contribution in [0.4, 0.5) is 9.18 Å². The van der Waals surface area contributed by atoms with Gasteiger partial charge < -0.3 is 19.2 Å². The lowest BCUT2D eigenvalue weighted by molar-refractivity contribution is 0.0477. The summed E-state index contributed by atoms with van der Waals surface area (Å²) in [5.41, 5.74) is -0.209. The number of tetrazole rings is 1. The summed E-state index contributed by atoms with van der Waals surface area (Å²) in [5.74, 6) is -0.0799. The van der Waals surface area contributed by atoms with Crippen LogP contribution < -0.4 is 10.1 Å². The Balaban J connectivity index is 1.69. The molecule has 0 aliphatic rings. The number of hydrogen-bond donors (Lipinski definition) is 1. The fourth-order valence-electron chi connectivity index (χ4n) is 2.93. The summed E-state index contributed by atoms with van der Waals surface area (Å²) in [4.78, 5) is 21.4. The highest BCUT2D eigenvalue weighted by molar-refractivity contribution is 7.99. The summed E-state index contributed by atoms with van der Waals surface area (Å²) in [6.07, 6.45) is 2.15. The predicted molar refractivity (Wildman–Crippen MR) is 159 cm³/mol. The number of rotatable bonds is 10. The van der Waals surface area contributed by atoms with Crippen molar-refractivity contribution in [1.29, 1.82) is 0 Å². The first-order valence-corrected chi connectivity index (χ1v) is 17.2. The molecular formula is C26H37ClFN7O4SSi. The molecule has 224 valence electrons. The molecule has 11 nitrogen and oxygen atoms in total. The van der Waals surface area contributed by atoms with Crippen LogP contribution in [0.1, 0.15) is 48.5 Å². The van der Waals surface area contributed by atoms with Gasteiger partial charge >= 0.3 is 6.09 Å². The fourth-order valence-corrected chi connectivity index (χ4v) is 5.07. The number of pyridine rings is 2. The third kappa shape index (κ3) is 9.62. The van der Waals surface area contributed by atoms with E-state index in [1.54, 1.807) is 12.1 Å². The molecule has 41 heavy (non-hydrogen) atoms. The maximum Gasteiger partial charge on any atom is 0.408 e. The molecule has 0 bridgehead atoms. The quantitative estimate of drug-likeness (QED) is 0.193. The van der Waals surface area contributed by atoms with Crippen molar-refractivity contribution in [2.24, 2.45) is 0 Å². The Morgan fingerprint density at radius 3 is 2.41 bits per heavy atom. The van der Waals surface area contributed by atoms with E-state index in [-0.39, 0.29) is 40.0 Å². The van der Waals surface area contributed by atoms with E-state index in [2.05, 4.69) is 64.6 Å². The molecule has 0 saturated carbocycles. The standard InChI is InChI=1S/C26H37ClFN7O4SSi/c1-24(2,3)39-23(36)31-26(7,15-37-41(8,9)25(4,5)6)40-16-35-33-21(32-34-35)20-11-10-18(14-29-20)38-22-19(28)12-17(27)13-30-22/h10-14H,15-16H2,1-9H3,(H,31,36)/t26-/m1/s1. The molecule has 0 aliphatic carbocycles. The van der Waals surface area contributed by atoms with Crippen molar-refractivity contribution in [1.82, 2.24) is 35.5 Å². The van der Waals surface area contributed by atoms with Crippen LogP contribution in [-0.4, -0.2) is 61.7 Å². The van der Waals surface area contributed by atoms with E-state index in [1.807, 2.05) is 27.7 Å². The Morgan fingerprint density at radius 1 is 1.12 bits per heavy atom. The summed E-state index contributed by atoms with van der Waals surface area (Å²) in [7, 11) is -2.10. The number of thioether (sulfide) groups is 1. The lowest BCUT2D eigenvalue weighted by Crippen LogP contribution is -2.52. The fraction of sp³-hybridized carbons (Fsp3) is 0.538. The number of halogens is 2. The second kappa shape index (κ2) is 12.6. The van der Waals surface area contributed by atoms with Gasteiger partial charge in [0.05, 0.1) is 17.8 Å². The molecule has 0 fully saturated rings. The molecule has 1 amide bonds. The number of ether oxygens (including phenoxy) is 2. The summed E-state index contributed by atoms with van der Waals surface area (Å²) < 4.78 is 31.4. The summed E-state index contributed by atoms with van der Waals surface area (Å²) >= 11 is 7.12. The third-order valence-electron chi connectivity index (χ3n) is 6.19. The van der Waals surface area contributed by atoms with Gasteiger partial charge in [0.15, 0.2) is 14.1 Å². The Bertz CT molecular complexity index is 1350. The summed E-state index contributed by atoms with van der Waals surface area (Å²) in [5, 5.41) is 15.8. The third-order valence-corrected chi connectivity index (χ3v) is 12.1. The zero-order valence-corrected chi connectivity index (χ0v) is 27.4. The van der Waals surface area contributed by atoms with Gasteiger partial charge in [-0.15, -0.1) is 22.0 Å². The van der Waals surface area contributed by atoms with Crippen LogP contribution in [0.3, 0.4) is 0 Å². The van der Waals surface area contributed by atoms with E-state index in [0.717, 1.165) is 6.07 Å². The molecule has 0 aliphatic heterocycles. The van der Waals surface area contributed by atoms with Crippen LogP contribution in [0.2, 0.25) is 23.2 Å². The van der Waals surface area contributed by atoms with E-state index in [4.69, 9.17) is 25.5 Å². The highest BCUT2D eigenvalue weighted by atomic mass is 35.5. The van der Waals surface area contributed by atoms with Crippen molar-refractivity contribution in [3.63, 3.8) is 0 Å². The van der Waals surface area contributed by atoms with Gasteiger partial charge in [0.25, 0.3) is 5.88 Å². The summed E-state index contributed by atoms with van der Waals surface area (Å²) in [6, 6.07) is 4.33. The van der Waals surface area contributed by atoms with Crippen LogP contribution in [0.25, 0.3) is 11.5 Å². The molecule has 1 N–H and O–H groups in total. The SMILES string of the molecule is CC(C)(C)OC(=O)N[C@@](C)(CO[Si](C)(C)C(C)(C)C)SCn1nnc(-c2ccc(Oc3ncc(Cl)cc3F)cn2)n1. The first-order valence-electron chi connectivity index (χ1n) is 12.9. The number of hydrogen-bond acceptors (Lipinski definition) is 10. The normalized spacial score (nSPS) is 13.9. The topological polar surface area (TPSA) is 126 Å². The highest BCUT2D eigenvalue weighted by Crippen LogP contribution is 2.38. The molecule has 0 spiro atoms. The van der Waals surface area contributed by atoms with Crippen LogP contribution >= 0.6 is 23.4 Å². The lowest BCUT2D eigenvalue weighted by atomic mass is 10.2. The monoisotopic (exact) mass is 625 g/mol. The van der Waals surface area contributed by atoms with Crippen molar-refractivity contribution in [3.05, 3.63) is 41.4 Å². The average molecular weight is 626 g/mol. The largest absolute Gasteiger partial charge is 0.444 e. The number of nitrogens with one attached hydrogen (secondary N) is 1. The highest BCUT2D eigenvalue weighted by Gasteiger charge is 2.40. The van der Waals surface area contributed by atoms with Crippen LogP contribution in [0.5, 0.6) is 11.6 Å². The molecule has 1 atom stereocenters. The van der Waals surface area contributed by atoms with E-state index >= 15 is 0 Å². The van der Waals surface area contributed by atoms with Crippen molar-refractivity contribution in [2.75, 3.05) is 6.61 Å². The Labute approximate surface area is 250 Å². The van der Waals surface area contributed by atoms with Gasteiger partial charge in [0.2, 0.25) is 5.82 Å². The molecule has 3 aromatic heterocycles. The van der Waals surface area contributed by atoms with Gasteiger partial charge in [-0.25, -0.2) is 19.2 Å². The van der Waals surface area contributed by atoms with Crippen LogP contribution in [-0.2, 0) is 15.0 Å².